The maximum Gasteiger partial charge on any atom is 0.359 e. The van der Waals surface area contributed by atoms with Gasteiger partial charge < -0.3 is 4.74 Å². The summed E-state index contributed by atoms with van der Waals surface area (Å²) in [6, 6.07) is 1.67. The van der Waals surface area contributed by atoms with Crippen LogP contribution in [0.4, 0.5) is 0 Å². The fraction of sp³-hybridized carbons (Fsp3) is 0.400. The number of ether oxygens (including phenoxy) is 1. The molecule has 0 unspecified atom stereocenters. The minimum absolute atomic E-state index is 0.159. The van der Waals surface area contributed by atoms with Crippen molar-refractivity contribution in [3.8, 4) is 0 Å². The highest BCUT2D eigenvalue weighted by Gasteiger charge is 2.21. The van der Waals surface area contributed by atoms with Crippen LogP contribution in [-0.4, -0.2) is 16.6 Å². The zero-order chi connectivity index (χ0) is 11.6. The Kier molecular flexibility index (Phi) is 3.94. The van der Waals surface area contributed by atoms with Gasteiger partial charge in [0.25, 0.3) is 0 Å². The molecular formula is C10H11ClINO2. The van der Waals surface area contributed by atoms with Gasteiger partial charge in [-0.25, -0.2) is 9.78 Å². The van der Waals surface area contributed by atoms with Gasteiger partial charge in [0.1, 0.15) is 5.60 Å². The van der Waals surface area contributed by atoms with Crippen molar-refractivity contribution in [2.75, 3.05) is 0 Å². The predicted molar refractivity (Wildman–Crippen MR) is 67.1 cm³/mol. The molecule has 15 heavy (non-hydrogen) atoms. The molecule has 0 bridgehead atoms. The average molecular weight is 340 g/mol. The largest absolute Gasteiger partial charge is 0.455 e. The molecule has 0 radical (unpaired) electrons. The molecule has 0 saturated heterocycles. The Morgan fingerprint density at radius 1 is 1.53 bits per heavy atom. The summed E-state index contributed by atoms with van der Waals surface area (Å²) in [7, 11) is 0. The second-order valence-corrected chi connectivity index (χ2v) is 5.64. The first-order chi connectivity index (χ1) is 6.79. The van der Waals surface area contributed by atoms with Gasteiger partial charge in [0, 0.05) is 9.77 Å². The zero-order valence-corrected chi connectivity index (χ0v) is 11.6. The van der Waals surface area contributed by atoms with Crippen LogP contribution in [0.3, 0.4) is 0 Å². The van der Waals surface area contributed by atoms with Crippen molar-refractivity contribution in [2.24, 2.45) is 0 Å². The minimum Gasteiger partial charge on any atom is -0.455 e. The minimum atomic E-state index is -0.537. The van der Waals surface area contributed by atoms with E-state index in [0.717, 1.165) is 3.57 Å². The summed E-state index contributed by atoms with van der Waals surface area (Å²) in [6.45, 7) is 5.39. The molecule has 0 aromatic carbocycles. The zero-order valence-electron chi connectivity index (χ0n) is 8.67. The maximum atomic E-state index is 11.6. The highest BCUT2D eigenvalue weighted by atomic mass is 127. The number of hydrogen-bond acceptors (Lipinski definition) is 3. The Morgan fingerprint density at radius 2 is 2.13 bits per heavy atom. The van der Waals surface area contributed by atoms with Crippen LogP contribution in [-0.2, 0) is 4.74 Å². The third kappa shape index (κ3) is 3.95. The summed E-state index contributed by atoms with van der Waals surface area (Å²) >= 11 is 7.96. The monoisotopic (exact) mass is 339 g/mol. The predicted octanol–water partition coefficient (Wildman–Crippen LogP) is 3.29. The van der Waals surface area contributed by atoms with Gasteiger partial charge in [-0.1, -0.05) is 11.6 Å². The Hall–Kier alpha value is -0.360. The molecule has 0 fully saturated rings. The summed E-state index contributed by atoms with van der Waals surface area (Å²) in [5, 5.41) is 0.316. The molecule has 1 rings (SSSR count). The van der Waals surface area contributed by atoms with E-state index in [0.29, 0.717) is 5.02 Å². The van der Waals surface area contributed by atoms with Crippen molar-refractivity contribution >= 4 is 40.2 Å². The van der Waals surface area contributed by atoms with Gasteiger partial charge in [-0.15, -0.1) is 0 Å². The van der Waals surface area contributed by atoms with Crippen LogP contribution >= 0.6 is 34.2 Å². The van der Waals surface area contributed by atoms with E-state index in [2.05, 4.69) is 27.6 Å². The van der Waals surface area contributed by atoms with Crippen LogP contribution in [0.2, 0.25) is 5.02 Å². The normalized spacial score (nSPS) is 11.3. The first kappa shape index (κ1) is 12.7. The number of hydrogen-bond donors (Lipinski definition) is 0. The van der Waals surface area contributed by atoms with Crippen LogP contribution in [0.25, 0.3) is 0 Å². The highest BCUT2D eigenvalue weighted by Crippen LogP contribution is 2.19. The second kappa shape index (κ2) is 4.65. The molecule has 0 atom stereocenters. The average Bonchev–Trinajstić information content (AvgIpc) is 1.99. The molecule has 1 aromatic heterocycles. The number of esters is 1. The topological polar surface area (TPSA) is 39.2 Å². The van der Waals surface area contributed by atoms with Crippen molar-refractivity contribution < 1.29 is 9.53 Å². The molecule has 0 spiro atoms. The molecule has 0 aliphatic rings. The Labute approximate surface area is 107 Å². The van der Waals surface area contributed by atoms with Gasteiger partial charge in [0.05, 0.1) is 5.02 Å². The van der Waals surface area contributed by atoms with Gasteiger partial charge in [-0.3, -0.25) is 0 Å². The van der Waals surface area contributed by atoms with Crippen LogP contribution < -0.4 is 0 Å². The molecule has 0 saturated carbocycles. The molecule has 0 aliphatic carbocycles. The molecule has 0 amide bonds. The fourth-order valence-electron chi connectivity index (χ4n) is 0.891. The lowest BCUT2D eigenvalue weighted by Gasteiger charge is -2.19. The van der Waals surface area contributed by atoms with Crippen LogP contribution in [0, 0.1) is 3.57 Å². The van der Waals surface area contributed by atoms with Gasteiger partial charge in [-0.05, 0) is 49.4 Å². The molecule has 1 heterocycles. The van der Waals surface area contributed by atoms with Crippen molar-refractivity contribution in [3.63, 3.8) is 0 Å². The van der Waals surface area contributed by atoms with E-state index in [1.54, 1.807) is 33.0 Å². The third-order valence-electron chi connectivity index (χ3n) is 1.40. The molecule has 0 aliphatic heterocycles. The van der Waals surface area contributed by atoms with E-state index in [-0.39, 0.29) is 5.69 Å². The van der Waals surface area contributed by atoms with Gasteiger partial charge in [0.2, 0.25) is 0 Å². The van der Waals surface area contributed by atoms with Crippen molar-refractivity contribution in [3.05, 3.63) is 26.5 Å². The molecule has 5 heteroatoms. The quantitative estimate of drug-likeness (QED) is 0.582. The molecular weight excluding hydrogens is 328 g/mol. The lowest BCUT2D eigenvalue weighted by Crippen LogP contribution is -2.24. The van der Waals surface area contributed by atoms with Gasteiger partial charge in [0.15, 0.2) is 5.69 Å². The SMILES string of the molecule is CC(C)(C)OC(=O)c1ncc(I)cc1Cl. The number of halogens is 2. The maximum absolute atomic E-state index is 11.6. The number of rotatable bonds is 1. The van der Waals surface area contributed by atoms with Gasteiger partial charge >= 0.3 is 5.97 Å². The van der Waals surface area contributed by atoms with Crippen molar-refractivity contribution in [1.29, 1.82) is 0 Å². The first-order valence-corrected chi connectivity index (χ1v) is 5.79. The number of carbonyl (C=O) groups is 1. The number of aromatic nitrogens is 1. The van der Waals surface area contributed by atoms with Crippen LogP contribution in [0.1, 0.15) is 31.3 Å². The molecule has 82 valence electrons. The lowest BCUT2D eigenvalue weighted by atomic mass is 10.2. The first-order valence-electron chi connectivity index (χ1n) is 4.34. The van der Waals surface area contributed by atoms with Crippen molar-refractivity contribution in [2.45, 2.75) is 26.4 Å². The summed E-state index contributed by atoms with van der Waals surface area (Å²) in [5.41, 5.74) is -0.377. The summed E-state index contributed by atoms with van der Waals surface area (Å²) < 4.78 is 6.04. The van der Waals surface area contributed by atoms with E-state index < -0.39 is 11.6 Å². The fourth-order valence-corrected chi connectivity index (χ4v) is 1.77. The van der Waals surface area contributed by atoms with E-state index in [1.807, 2.05) is 0 Å². The Bertz CT molecular complexity index is 387. The van der Waals surface area contributed by atoms with E-state index >= 15 is 0 Å². The van der Waals surface area contributed by atoms with Gasteiger partial charge in [-0.2, -0.15) is 0 Å². The van der Waals surface area contributed by atoms with E-state index in [1.165, 1.54) is 0 Å². The number of pyridine rings is 1. The lowest BCUT2D eigenvalue weighted by molar-refractivity contribution is 0.00631. The van der Waals surface area contributed by atoms with E-state index in [4.69, 9.17) is 16.3 Å². The number of nitrogens with zero attached hydrogens (tertiary/aromatic N) is 1. The summed E-state index contributed by atoms with van der Waals surface area (Å²) in [6.07, 6.45) is 1.58. The smallest absolute Gasteiger partial charge is 0.359 e. The third-order valence-corrected chi connectivity index (χ3v) is 2.28. The van der Waals surface area contributed by atoms with Crippen molar-refractivity contribution in [1.82, 2.24) is 4.98 Å². The molecule has 1 aromatic rings. The molecule has 3 nitrogen and oxygen atoms in total. The second-order valence-electron chi connectivity index (χ2n) is 3.99. The van der Waals surface area contributed by atoms with Crippen LogP contribution in [0.5, 0.6) is 0 Å². The highest BCUT2D eigenvalue weighted by molar-refractivity contribution is 14.1. The van der Waals surface area contributed by atoms with Crippen LogP contribution in [0.15, 0.2) is 12.3 Å². The van der Waals surface area contributed by atoms with E-state index in [9.17, 15) is 4.79 Å². The summed E-state index contributed by atoms with van der Waals surface area (Å²) in [4.78, 5) is 15.6. The Balaban J connectivity index is 2.92. The Morgan fingerprint density at radius 3 is 2.60 bits per heavy atom. The molecule has 0 N–H and O–H groups in total. The summed E-state index contributed by atoms with van der Waals surface area (Å²) in [5.74, 6) is -0.496. The standard InChI is InChI=1S/C10H11ClINO2/c1-10(2,3)15-9(14)8-7(11)4-6(12)5-13-8/h4-5H,1-3H3. The number of carbonyl (C=O) groups excluding carboxylic acids is 1.